The minimum atomic E-state index is 0.549. The van der Waals surface area contributed by atoms with Gasteiger partial charge >= 0.3 is 0 Å². The van der Waals surface area contributed by atoms with E-state index in [-0.39, 0.29) is 0 Å². The highest BCUT2D eigenvalue weighted by molar-refractivity contribution is 5.81. The fraction of sp³-hybridized carbons (Fsp3) is 0. The van der Waals surface area contributed by atoms with Crippen LogP contribution in [0.25, 0.3) is 78.9 Å². The molecule has 226 valence electrons. The van der Waals surface area contributed by atoms with Gasteiger partial charge in [0, 0.05) is 52.6 Å². The first-order chi connectivity index (χ1) is 23.8. The van der Waals surface area contributed by atoms with Gasteiger partial charge in [-0.25, -0.2) is 15.0 Å². The third-order valence-corrected chi connectivity index (χ3v) is 7.98. The Balaban J connectivity index is 1.36. The summed E-state index contributed by atoms with van der Waals surface area (Å²) in [6.07, 6.45) is 10.3. The van der Waals surface area contributed by atoms with E-state index in [1.165, 1.54) is 0 Å². The molecule has 0 amide bonds. The zero-order valence-corrected chi connectivity index (χ0v) is 25.7. The summed E-state index contributed by atoms with van der Waals surface area (Å²) in [6, 6.07) is 43.2. The van der Waals surface area contributed by atoms with Gasteiger partial charge < -0.3 is 0 Å². The number of hydrogen-bond acceptors (Lipinski definition) is 7. The van der Waals surface area contributed by atoms with Crippen LogP contribution in [0, 0.1) is 0 Å². The largest absolute Gasteiger partial charge is 0.261 e. The second-order valence-electron chi connectivity index (χ2n) is 11.2. The van der Waals surface area contributed by atoms with E-state index >= 15 is 0 Å². The van der Waals surface area contributed by atoms with Gasteiger partial charge in [0.25, 0.3) is 0 Å². The van der Waals surface area contributed by atoms with Crippen molar-refractivity contribution in [2.45, 2.75) is 0 Å². The van der Waals surface area contributed by atoms with Crippen molar-refractivity contribution in [1.82, 2.24) is 34.9 Å². The molecule has 5 aromatic carbocycles. The van der Waals surface area contributed by atoms with E-state index in [1.54, 1.807) is 37.2 Å². The average molecular weight is 618 g/mol. The van der Waals surface area contributed by atoms with E-state index in [4.69, 9.17) is 15.0 Å². The predicted octanol–water partition coefficient (Wildman–Crippen LogP) is 9.12. The van der Waals surface area contributed by atoms with Crippen molar-refractivity contribution in [3.05, 3.63) is 165 Å². The number of hydrogen-bond donors (Lipinski definition) is 0. The van der Waals surface area contributed by atoms with E-state index in [1.807, 2.05) is 66.7 Å². The first-order valence-electron chi connectivity index (χ1n) is 15.5. The summed E-state index contributed by atoms with van der Waals surface area (Å²) in [4.78, 5) is 33.1. The summed E-state index contributed by atoms with van der Waals surface area (Å²) in [7, 11) is 0. The molecule has 0 N–H and O–H groups in total. The van der Waals surface area contributed by atoms with Gasteiger partial charge in [0.2, 0.25) is 0 Å². The maximum atomic E-state index is 5.14. The smallest absolute Gasteiger partial charge is 0.164 e. The summed E-state index contributed by atoms with van der Waals surface area (Å²) < 4.78 is 0. The second kappa shape index (κ2) is 12.9. The molecule has 0 bridgehead atoms. The molecule has 0 unspecified atom stereocenters. The Morgan fingerprint density at radius 1 is 0.292 bits per heavy atom. The lowest BCUT2D eigenvalue weighted by Gasteiger charge is -2.13. The van der Waals surface area contributed by atoms with Crippen molar-refractivity contribution in [2.24, 2.45) is 0 Å². The normalized spacial score (nSPS) is 10.9. The topological polar surface area (TPSA) is 90.2 Å². The van der Waals surface area contributed by atoms with Crippen LogP contribution in [0.15, 0.2) is 165 Å². The number of nitrogens with zero attached hydrogens (tertiary/aromatic N) is 7. The van der Waals surface area contributed by atoms with Gasteiger partial charge in [-0.2, -0.15) is 0 Å². The van der Waals surface area contributed by atoms with Gasteiger partial charge in [-0.1, -0.05) is 91.0 Å². The molecule has 0 saturated heterocycles. The van der Waals surface area contributed by atoms with Crippen LogP contribution < -0.4 is 0 Å². The first kappa shape index (κ1) is 28.7. The van der Waals surface area contributed by atoms with Crippen molar-refractivity contribution >= 4 is 0 Å². The Morgan fingerprint density at radius 3 is 1.04 bits per heavy atom. The molecule has 0 aliphatic rings. The Kier molecular flexibility index (Phi) is 7.74. The van der Waals surface area contributed by atoms with Gasteiger partial charge in [-0.05, 0) is 58.7 Å². The maximum Gasteiger partial charge on any atom is 0.164 e. The average Bonchev–Trinajstić information content (AvgIpc) is 3.19. The van der Waals surface area contributed by atoms with Gasteiger partial charge in [0.15, 0.2) is 17.5 Å². The highest BCUT2D eigenvalue weighted by atomic mass is 15.0. The minimum absolute atomic E-state index is 0.549. The van der Waals surface area contributed by atoms with E-state index in [9.17, 15) is 0 Å². The van der Waals surface area contributed by atoms with Crippen LogP contribution in [0.2, 0.25) is 0 Å². The molecule has 0 aliphatic carbocycles. The fourth-order valence-electron chi connectivity index (χ4n) is 5.65. The van der Waals surface area contributed by atoms with Gasteiger partial charge in [-0.3, -0.25) is 19.9 Å². The number of rotatable bonds is 7. The fourth-order valence-corrected chi connectivity index (χ4v) is 5.65. The van der Waals surface area contributed by atoms with Gasteiger partial charge in [0.05, 0.1) is 23.8 Å². The Morgan fingerprint density at radius 2 is 0.646 bits per heavy atom. The third kappa shape index (κ3) is 6.08. The van der Waals surface area contributed by atoms with E-state index in [0.29, 0.717) is 17.5 Å². The van der Waals surface area contributed by atoms with Crippen molar-refractivity contribution in [2.75, 3.05) is 0 Å². The summed E-state index contributed by atoms with van der Waals surface area (Å²) in [6.45, 7) is 0. The molecule has 0 saturated carbocycles. The molecule has 3 heterocycles. The molecule has 7 heteroatoms. The van der Waals surface area contributed by atoms with Crippen LogP contribution in [0.1, 0.15) is 0 Å². The zero-order valence-electron chi connectivity index (χ0n) is 25.7. The molecular formula is C41H27N7. The maximum absolute atomic E-state index is 5.14. The van der Waals surface area contributed by atoms with E-state index < -0.39 is 0 Å². The van der Waals surface area contributed by atoms with Crippen molar-refractivity contribution in [1.29, 1.82) is 0 Å². The van der Waals surface area contributed by atoms with Crippen molar-refractivity contribution in [3.63, 3.8) is 0 Å². The van der Waals surface area contributed by atoms with Crippen LogP contribution in [-0.2, 0) is 0 Å². The lowest BCUT2D eigenvalue weighted by Crippen LogP contribution is -2.01. The van der Waals surface area contributed by atoms with Crippen molar-refractivity contribution < 1.29 is 0 Å². The van der Waals surface area contributed by atoms with Crippen LogP contribution >= 0.6 is 0 Å². The highest BCUT2D eigenvalue weighted by Gasteiger charge is 2.17. The van der Waals surface area contributed by atoms with Gasteiger partial charge in [-0.15, -0.1) is 0 Å². The summed E-state index contributed by atoms with van der Waals surface area (Å²) in [5.74, 6) is 1.67. The minimum Gasteiger partial charge on any atom is -0.261 e. The zero-order chi connectivity index (χ0) is 32.1. The van der Waals surface area contributed by atoms with E-state index in [2.05, 4.69) is 80.6 Å². The van der Waals surface area contributed by atoms with Crippen molar-refractivity contribution in [3.8, 4) is 78.9 Å². The van der Waals surface area contributed by atoms with E-state index in [0.717, 1.165) is 61.5 Å². The molecule has 3 aromatic heterocycles. The van der Waals surface area contributed by atoms with Crippen LogP contribution in [0.3, 0.4) is 0 Å². The Bertz CT molecular complexity index is 2060. The predicted molar refractivity (Wildman–Crippen MR) is 189 cm³/mol. The quantitative estimate of drug-likeness (QED) is 0.176. The highest BCUT2D eigenvalue weighted by Crippen LogP contribution is 2.35. The molecule has 0 fully saturated rings. The summed E-state index contributed by atoms with van der Waals surface area (Å²) in [5.41, 5.74) is 10.1. The first-order valence-corrected chi connectivity index (χ1v) is 15.5. The SMILES string of the molecule is c1ccc(-c2cc(-c3cnccn3)cc(-c3nc(-c4ccccc4)nc(-c4cc(-c5ccccc5)cc(-c5cnccn5)c4)n3)c2)cc1. The third-order valence-electron chi connectivity index (χ3n) is 7.98. The van der Waals surface area contributed by atoms with Crippen LogP contribution in [0.4, 0.5) is 0 Å². The lowest BCUT2D eigenvalue weighted by atomic mass is 9.97. The Labute approximate surface area is 277 Å². The summed E-state index contributed by atoms with van der Waals surface area (Å²) >= 11 is 0. The standard InChI is InChI=1S/C41H27N7/c1-4-10-28(11-5-1)31-20-33(37-26-42-16-18-44-37)24-35(22-31)40-46-39(30-14-8-3-9-15-30)47-41(48-40)36-23-32(29-12-6-2-7-13-29)21-34(25-36)38-27-43-17-19-45-38/h1-27H. The van der Waals surface area contributed by atoms with Gasteiger partial charge in [0.1, 0.15) is 0 Å². The molecule has 0 spiro atoms. The molecule has 0 radical (unpaired) electrons. The number of benzene rings is 5. The van der Waals surface area contributed by atoms with Crippen LogP contribution in [0.5, 0.6) is 0 Å². The molecule has 0 aliphatic heterocycles. The lowest BCUT2D eigenvalue weighted by molar-refractivity contribution is 1.07. The second-order valence-corrected chi connectivity index (χ2v) is 11.2. The molecule has 8 rings (SSSR count). The number of aromatic nitrogens is 7. The molecule has 7 nitrogen and oxygen atoms in total. The molecular weight excluding hydrogens is 591 g/mol. The molecule has 8 aromatic rings. The summed E-state index contributed by atoms with van der Waals surface area (Å²) in [5, 5.41) is 0. The van der Waals surface area contributed by atoms with Crippen LogP contribution in [-0.4, -0.2) is 34.9 Å². The Hall–Kier alpha value is -6.73. The molecule has 0 atom stereocenters. The molecule has 48 heavy (non-hydrogen) atoms. The monoisotopic (exact) mass is 617 g/mol.